The van der Waals surface area contributed by atoms with Crippen LogP contribution < -0.4 is 38.1 Å². The molecule has 206 valence electrons. The highest BCUT2D eigenvalue weighted by Crippen LogP contribution is 2.06. The molecule has 0 aliphatic carbocycles. The van der Waals surface area contributed by atoms with Crippen molar-refractivity contribution in [2.75, 3.05) is 19.6 Å². The fraction of sp³-hybridized carbons (Fsp3) is 0.783. The van der Waals surface area contributed by atoms with Gasteiger partial charge in [-0.2, -0.15) is 0 Å². The molecule has 13 nitrogen and oxygen atoms in total. The molecule has 0 unspecified atom stereocenters. The molecule has 1 fully saturated rings. The van der Waals surface area contributed by atoms with Gasteiger partial charge in [-0.05, 0) is 84.8 Å². The number of carbonyl (C=O) groups excluding carboxylic acids is 4. The number of nitrogens with one attached hydrogen (secondary N) is 5. The Morgan fingerprint density at radius 3 is 1.83 bits per heavy atom. The number of hydrogen-bond donors (Lipinski definition) is 8. The first-order chi connectivity index (χ1) is 17.1. The zero-order valence-corrected chi connectivity index (χ0v) is 21.3. The summed E-state index contributed by atoms with van der Waals surface area (Å²) in [6.07, 6.45) is 4.44. The van der Waals surface area contributed by atoms with Gasteiger partial charge in [0.25, 0.3) is 0 Å². The Bertz CT molecular complexity index is 744. The first-order valence-corrected chi connectivity index (χ1v) is 12.7. The van der Waals surface area contributed by atoms with Gasteiger partial charge in [-0.1, -0.05) is 0 Å². The van der Waals surface area contributed by atoms with Crippen LogP contribution in [0.1, 0.15) is 65.2 Å². The Morgan fingerprint density at radius 2 is 1.33 bits per heavy atom. The van der Waals surface area contributed by atoms with E-state index in [0.29, 0.717) is 45.2 Å². The lowest BCUT2D eigenvalue weighted by atomic mass is 10.1. The van der Waals surface area contributed by atoms with Gasteiger partial charge in [-0.25, -0.2) is 4.79 Å². The predicted molar refractivity (Wildman–Crippen MR) is 134 cm³/mol. The van der Waals surface area contributed by atoms with Crippen molar-refractivity contribution in [1.29, 1.82) is 0 Å². The minimum absolute atomic E-state index is 0.219. The SMILES string of the molecule is C[C@H](NC(=O)[C@@H]1CCCN1)C(=O)N[C@@H](CCCCN)C(=O)N[C@@H](C)C(=O)N[C@@H](CCCCN)C(=O)O. The first kappa shape index (κ1) is 31.3. The van der Waals surface area contributed by atoms with E-state index in [9.17, 15) is 29.1 Å². The summed E-state index contributed by atoms with van der Waals surface area (Å²) in [5, 5.41) is 22.7. The fourth-order valence-electron chi connectivity index (χ4n) is 3.77. The van der Waals surface area contributed by atoms with E-state index in [1.54, 1.807) is 0 Å². The van der Waals surface area contributed by atoms with Crippen molar-refractivity contribution >= 4 is 29.6 Å². The van der Waals surface area contributed by atoms with Gasteiger partial charge in [-0.15, -0.1) is 0 Å². The minimum Gasteiger partial charge on any atom is -0.480 e. The van der Waals surface area contributed by atoms with Crippen LogP contribution in [0.2, 0.25) is 0 Å². The normalized spacial score (nSPS) is 18.4. The van der Waals surface area contributed by atoms with E-state index >= 15 is 0 Å². The van der Waals surface area contributed by atoms with Crippen molar-refractivity contribution in [2.24, 2.45) is 11.5 Å². The second-order valence-electron chi connectivity index (χ2n) is 9.14. The summed E-state index contributed by atoms with van der Waals surface area (Å²) in [6, 6.07) is -4.29. The number of carboxylic acids is 1. The molecule has 1 saturated heterocycles. The second kappa shape index (κ2) is 16.8. The van der Waals surface area contributed by atoms with Crippen LogP contribution in [0, 0.1) is 0 Å². The van der Waals surface area contributed by atoms with Gasteiger partial charge in [0.05, 0.1) is 6.04 Å². The van der Waals surface area contributed by atoms with Crippen LogP contribution in [0.5, 0.6) is 0 Å². The van der Waals surface area contributed by atoms with Crippen LogP contribution in [-0.2, 0) is 24.0 Å². The number of rotatable bonds is 17. The maximum Gasteiger partial charge on any atom is 0.326 e. The molecule has 0 spiro atoms. The molecule has 10 N–H and O–H groups in total. The van der Waals surface area contributed by atoms with E-state index < -0.39 is 47.9 Å². The monoisotopic (exact) mass is 513 g/mol. The van der Waals surface area contributed by atoms with E-state index in [1.807, 2.05) is 0 Å². The maximum atomic E-state index is 12.9. The second-order valence-corrected chi connectivity index (χ2v) is 9.14. The molecule has 1 rings (SSSR count). The zero-order valence-electron chi connectivity index (χ0n) is 21.3. The van der Waals surface area contributed by atoms with E-state index in [-0.39, 0.29) is 24.8 Å². The van der Waals surface area contributed by atoms with Crippen LogP contribution in [-0.4, -0.2) is 84.5 Å². The summed E-state index contributed by atoms with van der Waals surface area (Å²) in [4.78, 5) is 61.9. The van der Waals surface area contributed by atoms with E-state index in [1.165, 1.54) is 13.8 Å². The van der Waals surface area contributed by atoms with Crippen molar-refractivity contribution < 1.29 is 29.1 Å². The molecule has 13 heteroatoms. The van der Waals surface area contributed by atoms with Crippen LogP contribution >= 0.6 is 0 Å². The smallest absolute Gasteiger partial charge is 0.326 e. The molecule has 0 saturated carbocycles. The van der Waals surface area contributed by atoms with Gasteiger partial charge in [0, 0.05) is 0 Å². The highest BCUT2D eigenvalue weighted by Gasteiger charge is 2.29. The van der Waals surface area contributed by atoms with Crippen LogP contribution in [0.25, 0.3) is 0 Å². The number of unbranched alkanes of at least 4 members (excludes halogenated alkanes) is 2. The van der Waals surface area contributed by atoms with E-state index in [0.717, 1.165) is 13.0 Å². The number of carbonyl (C=O) groups is 5. The molecule has 0 aromatic heterocycles. The largest absolute Gasteiger partial charge is 0.480 e. The Kier molecular flexibility index (Phi) is 14.6. The van der Waals surface area contributed by atoms with Crippen LogP contribution in [0.4, 0.5) is 0 Å². The van der Waals surface area contributed by atoms with Gasteiger partial charge >= 0.3 is 5.97 Å². The summed E-state index contributed by atoms with van der Waals surface area (Å²) in [5.74, 6) is -3.22. The summed E-state index contributed by atoms with van der Waals surface area (Å²) in [7, 11) is 0. The molecule has 5 atom stereocenters. The third kappa shape index (κ3) is 11.3. The minimum atomic E-state index is -1.17. The van der Waals surface area contributed by atoms with Gasteiger partial charge in [0.2, 0.25) is 23.6 Å². The van der Waals surface area contributed by atoms with Crippen molar-refractivity contribution in [3.8, 4) is 0 Å². The fourth-order valence-corrected chi connectivity index (χ4v) is 3.77. The molecule has 1 aliphatic heterocycles. The lowest BCUT2D eigenvalue weighted by Crippen LogP contribution is -2.57. The standard InChI is InChI=1S/C23H43N7O6/c1-14(27-21(33)16-10-7-13-26-16)19(31)29-17(8-3-5-11-24)22(34)28-15(2)20(32)30-18(23(35)36)9-4-6-12-25/h14-18,26H,3-13,24-25H2,1-2H3,(H,27,33)(H,28,34)(H,29,31)(H,30,32)(H,35,36)/t14-,15-,16-,17-,18-/m0/s1. The molecule has 0 aromatic carbocycles. The highest BCUT2D eigenvalue weighted by atomic mass is 16.4. The topological polar surface area (TPSA) is 218 Å². The van der Waals surface area contributed by atoms with Gasteiger partial charge in [0.15, 0.2) is 0 Å². The molecular weight excluding hydrogens is 470 g/mol. The average molecular weight is 514 g/mol. The van der Waals surface area contributed by atoms with Crippen molar-refractivity contribution in [3.05, 3.63) is 0 Å². The van der Waals surface area contributed by atoms with Crippen LogP contribution in [0.3, 0.4) is 0 Å². The predicted octanol–water partition coefficient (Wildman–Crippen LogP) is -1.94. The summed E-state index contributed by atoms with van der Waals surface area (Å²) in [5.41, 5.74) is 11.0. The molecule has 4 amide bonds. The number of aliphatic carboxylic acids is 1. The highest BCUT2D eigenvalue weighted by molar-refractivity contribution is 5.95. The van der Waals surface area contributed by atoms with Gasteiger partial charge in [-0.3, -0.25) is 19.2 Å². The molecule has 0 bridgehead atoms. The molecule has 1 aliphatic rings. The van der Waals surface area contributed by atoms with Crippen LogP contribution in [0.15, 0.2) is 0 Å². The van der Waals surface area contributed by atoms with Crippen molar-refractivity contribution in [3.63, 3.8) is 0 Å². The molecule has 36 heavy (non-hydrogen) atoms. The first-order valence-electron chi connectivity index (χ1n) is 12.7. The average Bonchev–Trinajstić information content (AvgIpc) is 3.37. The third-order valence-electron chi connectivity index (χ3n) is 6.02. The lowest BCUT2D eigenvalue weighted by Gasteiger charge is -2.24. The van der Waals surface area contributed by atoms with Crippen molar-refractivity contribution in [1.82, 2.24) is 26.6 Å². The number of nitrogens with two attached hydrogens (primary N) is 2. The van der Waals surface area contributed by atoms with Crippen molar-refractivity contribution in [2.45, 2.75) is 95.4 Å². The summed E-state index contributed by atoms with van der Waals surface area (Å²) >= 11 is 0. The Hall–Kier alpha value is -2.77. The number of amides is 4. The Labute approximate surface area is 212 Å². The number of hydrogen-bond acceptors (Lipinski definition) is 8. The third-order valence-corrected chi connectivity index (χ3v) is 6.02. The molecular formula is C23H43N7O6. The maximum absolute atomic E-state index is 12.9. The summed E-state index contributed by atoms with van der Waals surface area (Å²) in [6.45, 7) is 4.55. The van der Waals surface area contributed by atoms with E-state index in [4.69, 9.17) is 11.5 Å². The molecule has 0 aromatic rings. The summed E-state index contributed by atoms with van der Waals surface area (Å²) < 4.78 is 0. The molecule has 0 radical (unpaired) electrons. The van der Waals surface area contributed by atoms with E-state index in [2.05, 4.69) is 26.6 Å². The molecule has 1 heterocycles. The number of carboxylic acid groups (broad SMARTS) is 1. The Balaban J connectivity index is 2.70. The Morgan fingerprint density at radius 1 is 0.806 bits per heavy atom. The quantitative estimate of drug-likeness (QED) is 0.101. The van der Waals surface area contributed by atoms with Gasteiger partial charge < -0.3 is 43.2 Å². The zero-order chi connectivity index (χ0) is 27.1. The van der Waals surface area contributed by atoms with Gasteiger partial charge in [0.1, 0.15) is 24.2 Å². The lowest BCUT2D eigenvalue weighted by molar-refractivity contribution is -0.142.